The molecule has 0 spiro atoms. The maximum atomic E-state index is 14.1. The van der Waals surface area contributed by atoms with Gasteiger partial charge in [0.25, 0.3) is 16.8 Å². The number of β-lactam (4-membered cyclic amide) rings is 1. The van der Waals surface area contributed by atoms with Crippen LogP contribution in [-0.2, 0) is 39.6 Å². The number of hydrogen-bond acceptors (Lipinski definition) is 14. The number of amides is 2. The predicted molar refractivity (Wildman–Crippen MR) is 234 cm³/mol. The number of aromatic nitrogens is 2. The van der Waals surface area contributed by atoms with Crippen molar-refractivity contribution < 1.29 is 54.7 Å². The van der Waals surface area contributed by atoms with E-state index in [4.69, 9.17) is 27.5 Å². The summed E-state index contributed by atoms with van der Waals surface area (Å²) in [6.07, 6.45) is 1.83. The highest BCUT2D eigenvalue weighted by Crippen LogP contribution is 2.42. The first kappa shape index (κ1) is 47.9. The molecule has 21 heteroatoms. The first-order valence-electron chi connectivity index (χ1n) is 19.5. The Balaban J connectivity index is 0.000000800. The summed E-state index contributed by atoms with van der Waals surface area (Å²) in [7, 11) is -6.09. The maximum absolute atomic E-state index is 14.1. The molecule has 1 saturated heterocycles. The molecule has 2 aliphatic rings. The van der Waals surface area contributed by atoms with Gasteiger partial charge in [-0.2, -0.15) is 23.0 Å². The van der Waals surface area contributed by atoms with Crippen molar-refractivity contribution in [1.29, 1.82) is 5.26 Å². The molecule has 2 aromatic heterocycles. The van der Waals surface area contributed by atoms with E-state index in [9.17, 15) is 32.8 Å². The van der Waals surface area contributed by atoms with Crippen LogP contribution in [0, 0.1) is 18.3 Å². The molecule has 0 aliphatic carbocycles. The number of nitrogens with zero attached hydrogens (tertiary/aromatic N) is 5. The number of rotatable bonds is 12. The summed E-state index contributed by atoms with van der Waals surface area (Å²) in [5.41, 5.74) is -3.52. The lowest BCUT2D eigenvalue weighted by atomic mass is 9.77. The summed E-state index contributed by atoms with van der Waals surface area (Å²) in [6, 6.07) is 36.0. The smallest absolute Gasteiger partial charge is 0.485 e. The first-order valence-corrected chi connectivity index (χ1v) is 22.8. The van der Waals surface area contributed by atoms with Crippen LogP contribution in [0.5, 0.6) is 0 Å². The van der Waals surface area contributed by atoms with E-state index in [0.29, 0.717) is 15.9 Å². The number of thiazole rings is 1. The number of benzene rings is 3. The molecule has 2 atom stereocenters. The fourth-order valence-corrected chi connectivity index (χ4v) is 8.94. The monoisotopic (exact) mass is 947 g/mol. The van der Waals surface area contributed by atoms with E-state index in [0.717, 1.165) is 22.4 Å². The average molecular weight is 948 g/mol. The number of nitrogens with one attached hydrogen (secondary N) is 2. The number of hydrogen-bond donors (Lipinski definition) is 2. The van der Waals surface area contributed by atoms with Crippen LogP contribution in [0.4, 0.5) is 18.3 Å². The van der Waals surface area contributed by atoms with Crippen LogP contribution >= 0.6 is 23.1 Å². The number of alkyl halides is 3. The van der Waals surface area contributed by atoms with Gasteiger partial charge in [0.15, 0.2) is 32.9 Å². The molecule has 0 radical (unpaired) electrons. The van der Waals surface area contributed by atoms with Gasteiger partial charge in [-0.05, 0) is 37.5 Å². The van der Waals surface area contributed by atoms with Gasteiger partial charge < -0.3 is 24.8 Å². The molecule has 0 bridgehead atoms. The quantitative estimate of drug-likeness (QED) is 0.0169. The molecule has 5 aromatic rings. The first-order chi connectivity index (χ1) is 30.8. The van der Waals surface area contributed by atoms with Crippen molar-refractivity contribution in [1.82, 2.24) is 15.2 Å². The van der Waals surface area contributed by atoms with E-state index in [1.54, 1.807) is 26.2 Å². The Hall–Kier alpha value is -6.60. The Morgan fingerprint density at radius 1 is 0.954 bits per heavy atom. The normalized spacial score (nSPS) is 16.5. The third kappa shape index (κ3) is 10.7. The van der Waals surface area contributed by atoms with Crippen molar-refractivity contribution in [2.75, 3.05) is 17.7 Å². The van der Waals surface area contributed by atoms with Crippen LogP contribution in [0.3, 0.4) is 0 Å². The zero-order valence-corrected chi connectivity index (χ0v) is 37.4. The van der Waals surface area contributed by atoms with Gasteiger partial charge in [-0.25, -0.2) is 18.2 Å². The van der Waals surface area contributed by atoms with Crippen molar-refractivity contribution in [3.8, 4) is 6.07 Å². The summed E-state index contributed by atoms with van der Waals surface area (Å²) in [5, 5.41) is 22.5. The van der Waals surface area contributed by atoms with Gasteiger partial charge in [-0.1, -0.05) is 114 Å². The van der Waals surface area contributed by atoms with Crippen LogP contribution in [0.15, 0.2) is 132 Å². The minimum Gasteiger partial charge on any atom is -0.741 e. The van der Waals surface area contributed by atoms with Crippen molar-refractivity contribution in [2.24, 2.45) is 5.16 Å². The molecule has 2 N–H and O–H groups in total. The summed E-state index contributed by atoms with van der Waals surface area (Å²) in [6.45, 7) is 6.79. The van der Waals surface area contributed by atoms with E-state index in [-0.39, 0.29) is 17.1 Å². The van der Waals surface area contributed by atoms with Crippen LogP contribution in [0.1, 0.15) is 48.8 Å². The summed E-state index contributed by atoms with van der Waals surface area (Å²) >= 11 is 2.67. The minimum atomic E-state index is -6.09. The van der Waals surface area contributed by atoms with E-state index in [1.165, 1.54) is 28.0 Å². The topological polar surface area (TPSA) is 207 Å². The third-order valence-electron chi connectivity index (χ3n) is 9.66. The van der Waals surface area contributed by atoms with E-state index < -0.39 is 63.2 Å². The molecule has 0 saturated carbocycles. The van der Waals surface area contributed by atoms with Gasteiger partial charge in [0.2, 0.25) is 12.3 Å². The van der Waals surface area contributed by atoms with E-state index in [2.05, 4.69) is 15.8 Å². The minimum absolute atomic E-state index is 0.112. The number of anilines is 1. The molecule has 7 rings (SSSR count). The zero-order valence-electron chi connectivity index (χ0n) is 35.0. The lowest BCUT2D eigenvalue weighted by molar-refractivity contribution is -0.581. The molecule has 2 aliphatic heterocycles. The van der Waals surface area contributed by atoms with Gasteiger partial charge in [0.05, 0.1) is 6.04 Å². The fraction of sp³-hybridized carbons (Fsp3) is 0.250. The molecule has 2 unspecified atom stereocenters. The van der Waals surface area contributed by atoms with Crippen LogP contribution in [0.25, 0.3) is 5.03 Å². The Morgan fingerprint density at radius 2 is 1.49 bits per heavy atom. The number of halogens is 3. The van der Waals surface area contributed by atoms with Gasteiger partial charge in [0.1, 0.15) is 28.9 Å². The lowest BCUT2D eigenvalue weighted by Gasteiger charge is -2.48. The second kappa shape index (κ2) is 19.6. The highest BCUT2D eigenvalue weighted by Gasteiger charge is 2.57. The molecule has 1 fully saturated rings. The second-order valence-corrected chi connectivity index (χ2v) is 18.4. The van der Waals surface area contributed by atoms with Crippen LogP contribution in [-0.4, -0.2) is 81.9 Å². The number of oxime groups is 1. The zero-order chi connectivity index (χ0) is 47.2. The largest absolute Gasteiger partial charge is 0.741 e. The summed E-state index contributed by atoms with van der Waals surface area (Å²) in [5.74, 6) is -1.45. The molecule has 65 heavy (non-hydrogen) atoms. The van der Waals surface area contributed by atoms with E-state index >= 15 is 0 Å². The van der Waals surface area contributed by atoms with Crippen LogP contribution in [0.2, 0.25) is 0 Å². The SMILES string of the molecule is Cc1cccc[n+]1C1=C(C(=O)OC(C)(C)C)N2C(=O)C(NC(=O)C(=NOCC#N)c3csc(NC(c4ccccc4)(c4ccccc4)c4ccccc4)n3)C2CS1.O=S(=O)([O-])C(F)(F)F. The van der Waals surface area contributed by atoms with Gasteiger partial charge in [-0.3, -0.25) is 14.5 Å². The Bertz CT molecular complexity index is 2660. The number of carbonyl (C=O) groups excluding carboxylic acids is 3. The number of pyridine rings is 1. The highest BCUT2D eigenvalue weighted by molar-refractivity contribution is 8.07. The predicted octanol–water partition coefficient (Wildman–Crippen LogP) is 6.05. The van der Waals surface area contributed by atoms with Gasteiger partial charge >= 0.3 is 11.5 Å². The Morgan fingerprint density at radius 3 is 1.98 bits per heavy atom. The number of fused-ring (bicyclic) bond motifs is 1. The molecular formula is C44H40F3N7O8S3. The summed E-state index contributed by atoms with van der Waals surface area (Å²) in [4.78, 5) is 53.3. The lowest BCUT2D eigenvalue weighted by Crippen LogP contribution is -2.73. The maximum Gasteiger partial charge on any atom is 0.485 e. The number of carbonyl (C=O) groups is 3. The van der Waals surface area contributed by atoms with Crippen molar-refractivity contribution in [2.45, 2.75) is 56.4 Å². The molecule has 338 valence electrons. The van der Waals surface area contributed by atoms with Crippen molar-refractivity contribution >= 4 is 66.9 Å². The second-order valence-electron chi connectivity index (χ2n) is 15.2. The molecule has 3 aromatic carbocycles. The third-order valence-corrected chi connectivity index (χ3v) is 12.2. The van der Waals surface area contributed by atoms with Crippen molar-refractivity contribution in [3.63, 3.8) is 0 Å². The molecule has 2 amide bonds. The number of esters is 1. The Labute approximate surface area is 380 Å². The molecule has 15 nitrogen and oxygen atoms in total. The average Bonchev–Trinajstić information content (AvgIpc) is 3.73. The fourth-order valence-electron chi connectivity index (χ4n) is 6.86. The standard InChI is InChI=1S/C43H39N7O5S2.CHF3O3S/c1-28-16-14-15-24-49(28)39-36(40(53)55-42(2,3)4)50-33(27-56-39)35(38(50)52)46-37(51)34(48-54-25-23-44)32-26-57-41(45-32)47-43(29-17-8-5-9-18-29,30-19-10-6-11-20-30)31-21-12-7-13-22-31;2-1(3,4)8(5,6)7/h5-22,24,26,33,35H,25,27H2,1-4H3,(H-,45,46,47,51);(H,5,6,7). The number of aryl methyl sites for hydroxylation is 1. The highest BCUT2D eigenvalue weighted by atomic mass is 32.2. The molecule has 4 heterocycles. The number of nitriles is 1. The number of ether oxygens (including phenoxy) is 1. The molecular weight excluding hydrogens is 908 g/mol. The van der Waals surface area contributed by atoms with Gasteiger partial charge in [-0.15, -0.1) is 11.3 Å². The number of thioether (sulfide) groups is 1. The summed E-state index contributed by atoms with van der Waals surface area (Å²) < 4.78 is 66.5. The van der Waals surface area contributed by atoms with E-state index in [1.807, 2.05) is 133 Å². The van der Waals surface area contributed by atoms with Gasteiger partial charge in [0, 0.05) is 30.2 Å². The van der Waals surface area contributed by atoms with Crippen molar-refractivity contribution in [3.05, 3.63) is 155 Å². The van der Waals surface area contributed by atoms with Crippen LogP contribution < -0.4 is 15.2 Å². The Kier molecular flexibility index (Phi) is 14.5.